The van der Waals surface area contributed by atoms with Crippen molar-refractivity contribution in [2.24, 2.45) is 10.9 Å². The minimum Gasteiger partial charge on any atom is -0.289 e. The highest BCUT2D eigenvalue weighted by molar-refractivity contribution is 6.00. The summed E-state index contributed by atoms with van der Waals surface area (Å²) in [5, 5.41) is 0. The van der Waals surface area contributed by atoms with Gasteiger partial charge in [0, 0.05) is 12.3 Å². The number of aliphatic imine (C=N–C) groups is 1. The van der Waals surface area contributed by atoms with Gasteiger partial charge in [0.05, 0.1) is 0 Å². The predicted molar refractivity (Wildman–Crippen MR) is 56.2 cm³/mol. The molecule has 1 aliphatic rings. The largest absolute Gasteiger partial charge is 0.289 e. The van der Waals surface area contributed by atoms with Crippen molar-refractivity contribution in [3.8, 4) is 0 Å². The molecule has 1 heteroatoms. The Hall–Kier alpha value is -1.11. The van der Waals surface area contributed by atoms with Crippen LogP contribution in [0, 0.1) is 5.92 Å². The monoisotopic (exact) mass is 173 g/mol. The number of hydrogen-bond donors (Lipinski definition) is 0. The lowest BCUT2D eigenvalue weighted by Crippen LogP contribution is -2.13. The smallest absolute Gasteiger partial charge is 0.0420 e. The molecule has 1 atom stereocenters. The van der Waals surface area contributed by atoms with Crippen molar-refractivity contribution in [1.29, 1.82) is 0 Å². The molecule has 0 aliphatic carbocycles. The van der Waals surface area contributed by atoms with Crippen LogP contribution >= 0.6 is 0 Å². The molecule has 1 heterocycles. The van der Waals surface area contributed by atoms with Crippen molar-refractivity contribution < 1.29 is 0 Å². The maximum atomic E-state index is 4.60. The first kappa shape index (κ1) is 8.49. The standard InChI is InChI=1S/C12H15N/c1-10-7-8-12(13-9-10)11-5-3-2-4-6-11/h2-6,10H,7-9H2,1H3/t10-/m0/s1. The van der Waals surface area contributed by atoms with E-state index in [4.69, 9.17) is 0 Å². The third-order valence-corrected chi connectivity index (χ3v) is 2.57. The van der Waals surface area contributed by atoms with Gasteiger partial charge in [-0.2, -0.15) is 0 Å². The van der Waals surface area contributed by atoms with E-state index in [1.54, 1.807) is 0 Å². The van der Waals surface area contributed by atoms with E-state index in [9.17, 15) is 0 Å². The lowest BCUT2D eigenvalue weighted by Gasteiger charge is -2.17. The molecular weight excluding hydrogens is 158 g/mol. The average Bonchev–Trinajstić information content (AvgIpc) is 2.20. The van der Waals surface area contributed by atoms with Crippen LogP contribution in [-0.2, 0) is 0 Å². The summed E-state index contributed by atoms with van der Waals surface area (Å²) in [4.78, 5) is 4.60. The van der Waals surface area contributed by atoms with Crippen molar-refractivity contribution in [2.45, 2.75) is 19.8 Å². The van der Waals surface area contributed by atoms with Gasteiger partial charge in [-0.05, 0) is 24.3 Å². The Morgan fingerprint density at radius 2 is 2.00 bits per heavy atom. The molecule has 0 amide bonds. The summed E-state index contributed by atoms with van der Waals surface area (Å²) in [5.74, 6) is 0.771. The minimum atomic E-state index is 0.771. The Morgan fingerprint density at radius 1 is 1.23 bits per heavy atom. The molecule has 0 unspecified atom stereocenters. The summed E-state index contributed by atoms with van der Waals surface area (Å²) >= 11 is 0. The van der Waals surface area contributed by atoms with Crippen LogP contribution in [0.4, 0.5) is 0 Å². The molecule has 0 saturated carbocycles. The second-order valence-electron chi connectivity index (χ2n) is 3.80. The number of hydrogen-bond acceptors (Lipinski definition) is 1. The van der Waals surface area contributed by atoms with Crippen LogP contribution in [0.3, 0.4) is 0 Å². The minimum absolute atomic E-state index is 0.771. The van der Waals surface area contributed by atoms with E-state index in [2.05, 4.69) is 42.2 Å². The van der Waals surface area contributed by atoms with E-state index in [0.29, 0.717) is 0 Å². The molecule has 13 heavy (non-hydrogen) atoms. The quantitative estimate of drug-likeness (QED) is 0.619. The SMILES string of the molecule is C[C@H]1CCC(c2ccccc2)=NC1. The first-order valence-corrected chi connectivity index (χ1v) is 4.95. The Bertz CT molecular complexity index is 300. The summed E-state index contributed by atoms with van der Waals surface area (Å²) in [6.07, 6.45) is 2.43. The molecule has 0 spiro atoms. The maximum absolute atomic E-state index is 4.60. The molecule has 0 N–H and O–H groups in total. The highest BCUT2D eigenvalue weighted by Crippen LogP contribution is 2.17. The molecule has 1 aromatic carbocycles. The lowest BCUT2D eigenvalue weighted by molar-refractivity contribution is 0.538. The number of rotatable bonds is 1. The van der Waals surface area contributed by atoms with Crippen molar-refractivity contribution in [2.75, 3.05) is 6.54 Å². The highest BCUT2D eigenvalue weighted by Gasteiger charge is 2.11. The molecule has 0 radical (unpaired) electrons. The van der Waals surface area contributed by atoms with Gasteiger partial charge in [0.2, 0.25) is 0 Å². The molecule has 1 nitrogen and oxygen atoms in total. The van der Waals surface area contributed by atoms with Gasteiger partial charge in [0.1, 0.15) is 0 Å². The molecule has 0 aromatic heterocycles. The van der Waals surface area contributed by atoms with Crippen molar-refractivity contribution in [3.05, 3.63) is 35.9 Å². The fourth-order valence-corrected chi connectivity index (χ4v) is 1.69. The topological polar surface area (TPSA) is 12.4 Å². The van der Waals surface area contributed by atoms with Gasteiger partial charge in [0.25, 0.3) is 0 Å². The van der Waals surface area contributed by atoms with Gasteiger partial charge in [-0.3, -0.25) is 4.99 Å². The van der Waals surface area contributed by atoms with Crippen LogP contribution in [0.5, 0.6) is 0 Å². The van der Waals surface area contributed by atoms with E-state index in [1.807, 2.05) is 0 Å². The fraction of sp³-hybridized carbons (Fsp3) is 0.417. The summed E-state index contributed by atoms with van der Waals surface area (Å²) in [6.45, 7) is 3.27. The van der Waals surface area contributed by atoms with Gasteiger partial charge in [-0.15, -0.1) is 0 Å². The van der Waals surface area contributed by atoms with E-state index >= 15 is 0 Å². The Labute approximate surface area is 79.5 Å². The maximum Gasteiger partial charge on any atom is 0.0420 e. The van der Waals surface area contributed by atoms with Crippen LogP contribution in [0.1, 0.15) is 25.3 Å². The van der Waals surface area contributed by atoms with E-state index < -0.39 is 0 Å². The van der Waals surface area contributed by atoms with Gasteiger partial charge >= 0.3 is 0 Å². The van der Waals surface area contributed by atoms with Crippen LogP contribution in [0.2, 0.25) is 0 Å². The molecule has 0 saturated heterocycles. The number of benzene rings is 1. The number of nitrogens with zero attached hydrogens (tertiary/aromatic N) is 1. The van der Waals surface area contributed by atoms with Gasteiger partial charge in [-0.1, -0.05) is 37.3 Å². The van der Waals surface area contributed by atoms with E-state index in [1.165, 1.54) is 17.7 Å². The Balaban J connectivity index is 2.19. The third-order valence-electron chi connectivity index (χ3n) is 2.57. The van der Waals surface area contributed by atoms with Crippen LogP contribution in [0.15, 0.2) is 35.3 Å². The van der Waals surface area contributed by atoms with Crippen LogP contribution in [-0.4, -0.2) is 12.3 Å². The summed E-state index contributed by atoms with van der Waals surface area (Å²) in [6, 6.07) is 10.5. The zero-order valence-electron chi connectivity index (χ0n) is 8.03. The Kier molecular flexibility index (Phi) is 2.44. The van der Waals surface area contributed by atoms with Crippen molar-refractivity contribution >= 4 is 5.71 Å². The predicted octanol–water partition coefficient (Wildman–Crippen LogP) is 2.91. The third kappa shape index (κ3) is 1.97. The van der Waals surface area contributed by atoms with E-state index in [-0.39, 0.29) is 0 Å². The van der Waals surface area contributed by atoms with Crippen molar-refractivity contribution in [3.63, 3.8) is 0 Å². The summed E-state index contributed by atoms with van der Waals surface area (Å²) < 4.78 is 0. The fourth-order valence-electron chi connectivity index (χ4n) is 1.69. The first-order valence-electron chi connectivity index (χ1n) is 4.95. The molecule has 2 rings (SSSR count). The first-order chi connectivity index (χ1) is 6.36. The lowest BCUT2D eigenvalue weighted by atomic mass is 9.96. The van der Waals surface area contributed by atoms with Crippen LogP contribution < -0.4 is 0 Å². The molecule has 1 aromatic rings. The average molecular weight is 173 g/mol. The van der Waals surface area contributed by atoms with Gasteiger partial charge in [0.15, 0.2) is 0 Å². The second kappa shape index (κ2) is 3.73. The molecule has 68 valence electrons. The van der Waals surface area contributed by atoms with Gasteiger partial charge < -0.3 is 0 Å². The summed E-state index contributed by atoms with van der Waals surface area (Å²) in [7, 11) is 0. The zero-order valence-corrected chi connectivity index (χ0v) is 8.03. The molecule has 1 aliphatic heterocycles. The van der Waals surface area contributed by atoms with E-state index in [0.717, 1.165) is 18.9 Å². The molecule has 0 fully saturated rings. The second-order valence-corrected chi connectivity index (χ2v) is 3.80. The highest BCUT2D eigenvalue weighted by atomic mass is 14.8. The normalized spacial score (nSPS) is 22.5. The van der Waals surface area contributed by atoms with Gasteiger partial charge in [-0.25, -0.2) is 0 Å². The Morgan fingerprint density at radius 3 is 2.62 bits per heavy atom. The summed E-state index contributed by atoms with van der Waals surface area (Å²) in [5.41, 5.74) is 2.59. The molecule has 0 bridgehead atoms. The molecular formula is C12H15N. The zero-order chi connectivity index (χ0) is 9.10. The van der Waals surface area contributed by atoms with Crippen LogP contribution in [0.25, 0.3) is 0 Å². The van der Waals surface area contributed by atoms with Crippen molar-refractivity contribution in [1.82, 2.24) is 0 Å².